The van der Waals surface area contributed by atoms with Gasteiger partial charge in [-0.1, -0.05) is 0 Å². The van der Waals surface area contributed by atoms with Crippen molar-refractivity contribution in [3.63, 3.8) is 0 Å². The Labute approximate surface area is 111 Å². The van der Waals surface area contributed by atoms with Crippen LogP contribution in [0.5, 0.6) is 0 Å². The lowest BCUT2D eigenvalue weighted by molar-refractivity contribution is 0.101. The number of Topliss-reactive ketones (excluding diaryl/α,β-unsaturated/α-hetero) is 1. The number of hydrogen-bond donors (Lipinski definition) is 1. The first kappa shape index (κ1) is 13.4. The molecule has 1 aromatic carbocycles. The summed E-state index contributed by atoms with van der Waals surface area (Å²) in [7, 11) is 0. The van der Waals surface area contributed by atoms with E-state index in [-0.39, 0.29) is 11.5 Å². The van der Waals surface area contributed by atoms with E-state index in [1.165, 1.54) is 19.1 Å². The van der Waals surface area contributed by atoms with Gasteiger partial charge in [-0.15, -0.1) is 11.3 Å². The van der Waals surface area contributed by atoms with E-state index in [0.717, 1.165) is 23.5 Å². The highest BCUT2D eigenvalue weighted by Gasteiger charge is 2.12. The first-order valence-corrected chi connectivity index (χ1v) is 6.15. The predicted octanol–water partition coefficient (Wildman–Crippen LogP) is 3.48. The molecule has 0 spiro atoms. The predicted molar refractivity (Wildman–Crippen MR) is 68.6 cm³/mol. The van der Waals surface area contributed by atoms with Gasteiger partial charge in [0, 0.05) is 11.8 Å². The monoisotopic (exact) mass is 281 g/mol. The van der Waals surface area contributed by atoms with Crippen LogP contribution in [-0.2, 0) is 0 Å². The van der Waals surface area contributed by atoms with Gasteiger partial charge >= 0.3 is 0 Å². The van der Waals surface area contributed by atoms with Gasteiger partial charge in [-0.3, -0.25) is 9.59 Å². The number of amides is 1. The Hall–Kier alpha value is -2.08. The number of benzene rings is 1. The summed E-state index contributed by atoms with van der Waals surface area (Å²) in [6.45, 7) is 1.40. The van der Waals surface area contributed by atoms with Crippen molar-refractivity contribution >= 4 is 28.7 Å². The van der Waals surface area contributed by atoms with Crippen molar-refractivity contribution in [1.29, 1.82) is 0 Å². The highest BCUT2D eigenvalue weighted by molar-refractivity contribution is 7.16. The molecule has 2 rings (SSSR count). The van der Waals surface area contributed by atoms with Gasteiger partial charge in [0.05, 0.1) is 9.75 Å². The summed E-state index contributed by atoms with van der Waals surface area (Å²) in [5.74, 6) is -2.19. The van der Waals surface area contributed by atoms with Crippen molar-refractivity contribution in [2.24, 2.45) is 0 Å². The smallest absolute Gasteiger partial charge is 0.265 e. The number of thiophene rings is 1. The second kappa shape index (κ2) is 5.27. The van der Waals surface area contributed by atoms with Crippen LogP contribution in [0.25, 0.3) is 0 Å². The minimum atomic E-state index is -0.772. The van der Waals surface area contributed by atoms with Crippen LogP contribution in [0.15, 0.2) is 30.3 Å². The maximum Gasteiger partial charge on any atom is 0.265 e. The second-order valence-electron chi connectivity index (χ2n) is 3.83. The third-order valence-corrected chi connectivity index (χ3v) is 3.48. The van der Waals surface area contributed by atoms with Gasteiger partial charge < -0.3 is 5.32 Å². The van der Waals surface area contributed by atoms with Gasteiger partial charge in [0.15, 0.2) is 5.78 Å². The number of carbonyl (C=O) groups is 2. The van der Waals surface area contributed by atoms with Crippen LogP contribution in [0.2, 0.25) is 0 Å². The zero-order valence-electron chi connectivity index (χ0n) is 9.87. The third-order valence-electron chi connectivity index (χ3n) is 2.30. The highest BCUT2D eigenvalue weighted by Crippen LogP contribution is 2.19. The van der Waals surface area contributed by atoms with E-state index in [0.29, 0.717) is 15.8 Å². The lowest BCUT2D eigenvalue weighted by Gasteiger charge is -2.03. The van der Waals surface area contributed by atoms with Crippen LogP contribution in [0.1, 0.15) is 26.3 Å². The molecule has 0 atom stereocenters. The molecule has 1 N–H and O–H groups in total. The average molecular weight is 281 g/mol. The Morgan fingerprint density at radius 1 is 1.05 bits per heavy atom. The number of anilines is 1. The molecule has 6 heteroatoms. The Morgan fingerprint density at radius 3 is 2.16 bits per heavy atom. The topological polar surface area (TPSA) is 46.2 Å². The van der Waals surface area contributed by atoms with Crippen LogP contribution in [0.4, 0.5) is 14.5 Å². The van der Waals surface area contributed by atoms with Crippen molar-refractivity contribution in [1.82, 2.24) is 0 Å². The molecule has 0 bridgehead atoms. The molecular weight excluding hydrogens is 272 g/mol. The largest absolute Gasteiger partial charge is 0.321 e. The lowest BCUT2D eigenvalue weighted by Crippen LogP contribution is -2.10. The molecule has 1 amide bonds. The SMILES string of the molecule is CC(=O)c1ccc(C(=O)Nc2cc(F)cc(F)c2)s1. The summed E-state index contributed by atoms with van der Waals surface area (Å²) in [4.78, 5) is 23.7. The minimum absolute atomic E-state index is 0.0280. The Morgan fingerprint density at radius 2 is 1.63 bits per heavy atom. The van der Waals surface area contributed by atoms with E-state index in [1.54, 1.807) is 0 Å². The van der Waals surface area contributed by atoms with Crippen molar-refractivity contribution in [2.75, 3.05) is 5.32 Å². The lowest BCUT2D eigenvalue weighted by atomic mass is 10.3. The van der Waals surface area contributed by atoms with Gasteiger partial charge in [-0.25, -0.2) is 8.78 Å². The number of halogens is 2. The van der Waals surface area contributed by atoms with Crippen LogP contribution in [0.3, 0.4) is 0 Å². The van der Waals surface area contributed by atoms with E-state index in [1.807, 2.05) is 0 Å². The molecule has 0 fully saturated rings. The third kappa shape index (κ3) is 3.23. The molecule has 1 heterocycles. The summed E-state index contributed by atoms with van der Waals surface area (Å²) >= 11 is 1.03. The number of carbonyl (C=O) groups excluding carboxylic acids is 2. The van der Waals surface area contributed by atoms with Crippen molar-refractivity contribution < 1.29 is 18.4 Å². The zero-order valence-corrected chi connectivity index (χ0v) is 10.7. The average Bonchev–Trinajstić information content (AvgIpc) is 2.76. The standard InChI is InChI=1S/C13H9F2NO2S/c1-7(17)11-2-3-12(19-11)13(18)16-10-5-8(14)4-9(15)6-10/h2-6H,1H3,(H,16,18). The van der Waals surface area contributed by atoms with Gasteiger partial charge in [-0.05, 0) is 31.2 Å². The number of hydrogen-bond acceptors (Lipinski definition) is 3. The molecule has 0 unspecified atom stereocenters. The molecule has 0 aliphatic rings. The highest BCUT2D eigenvalue weighted by atomic mass is 32.1. The van der Waals surface area contributed by atoms with E-state index in [2.05, 4.69) is 5.32 Å². The van der Waals surface area contributed by atoms with Crippen LogP contribution >= 0.6 is 11.3 Å². The fraction of sp³-hybridized carbons (Fsp3) is 0.0769. The van der Waals surface area contributed by atoms with Crippen molar-refractivity contribution in [3.8, 4) is 0 Å². The maximum absolute atomic E-state index is 13.0. The van der Waals surface area contributed by atoms with Gasteiger partial charge in [0.2, 0.25) is 0 Å². The zero-order chi connectivity index (χ0) is 14.0. The fourth-order valence-corrected chi connectivity index (χ4v) is 2.26. The summed E-state index contributed by atoms with van der Waals surface area (Å²) in [5, 5.41) is 2.37. The number of rotatable bonds is 3. The van der Waals surface area contributed by atoms with Gasteiger partial charge in [-0.2, -0.15) is 0 Å². The Bertz CT molecular complexity index is 632. The molecule has 2 aromatic rings. The second-order valence-corrected chi connectivity index (χ2v) is 4.92. The summed E-state index contributed by atoms with van der Waals surface area (Å²) in [6.07, 6.45) is 0. The minimum Gasteiger partial charge on any atom is -0.321 e. The molecule has 0 aliphatic heterocycles. The van der Waals surface area contributed by atoms with Crippen molar-refractivity contribution in [3.05, 3.63) is 51.7 Å². The van der Waals surface area contributed by atoms with Crippen LogP contribution in [-0.4, -0.2) is 11.7 Å². The normalized spacial score (nSPS) is 10.3. The molecule has 0 aliphatic carbocycles. The summed E-state index contributed by atoms with van der Waals surface area (Å²) in [6, 6.07) is 5.77. The van der Waals surface area contributed by atoms with E-state index < -0.39 is 17.5 Å². The Balaban J connectivity index is 2.18. The molecule has 1 aromatic heterocycles. The van der Waals surface area contributed by atoms with E-state index in [4.69, 9.17) is 0 Å². The molecular formula is C13H9F2NO2S. The van der Waals surface area contributed by atoms with E-state index in [9.17, 15) is 18.4 Å². The first-order valence-electron chi connectivity index (χ1n) is 5.34. The maximum atomic E-state index is 13.0. The fourth-order valence-electron chi connectivity index (χ4n) is 1.47. The Kier molecular flexibility index (Phi) is 3.71. The quantitative estimate of drug-likeness (QED) is 0.875. The summed E-state index contributed by atoms with van der Waals surface area (Å²) < 4.78 is 25.9. The first-order chi connectivity index (χ1) is 8.95. The molecule has 0 saturated heterocycles. The molecule has 19 heavy (non-hydrogen) atoms. The van der Waals surface area contributed by atoms with Crippen LogP contribution in [0, 0.1) is 11.6 Å². The van der Waals surface area contributed by atoms with Crippen LogP contribution < -0.4 is 5.32 Å². The van der Waals surface area contributed by atoms with Crippen molar-refractivity contribution in [2.45, 2.75) is 6.92 Å². The summed E-state index contributed by atoms with van der Waals surface area (Å²) in [5.41, 5.74) is 0.0280. The molecule has 98 valence electrons. The molecule has 0 radical (unpaired) electrons. The van der Waals surface area contributed by atoms with Gasteiger partial charge in [0.1, 0.15) is 11.6 Å². The van der Waals surface area contributed by atoms with Gasteiger partial charge in [0.25, 0.3) is 5.91 Å². The van der Waals surface area contributed by atoms with E-state index >= 15 is 0 Å². The number of nitrogens with one attached hydrogen (secondary N) is 1. The molecule has 0 saturated carbocycles. The molecule has 3 nitrogen and oxygen atoms in total. The number of ketones is 1.